The monoisotopic (exact) mass is 475 g/mol. The molecule has 0 aliphatic rings. The number of hydrogen-bond donors (Lipinski definition) is 2. The summed E-state index contributed by atoms with van der Waals surface area (Å²) in [6.45, 7) is 4.69. The van der Waals surface area contributed by atoms with Crippen molar-refractivity contribution in [3.8, 4) is 39.9 Å². The fraction of sp³-hybridized carbons (Fsp3) is 0.320. The number of ether oxygens (including phenoxy) is 2. The number of rotatable bonds is 10. The molecule has 4 rings (SSSR count). The second-order valence-corrected chi connectivity index (χ2v) is 7.95. The minimum Gasteiger partial charge on any atom is -0.480 e. The molecule has 4 aromatic heterocycles. The molecule has 0 atom stereocenters. The minimum absolute atomic E-state index is 0.112. The van der Waals surface area contributed by atoms with E-state index in [4.69, 9.17) is 19.6 Å². The molecule has 2 N–H and O–H groups in total. The summed E-state index contributed by atoms with van der Waals surface area (Å²) in [5.74, 6) is 2.24. The molecule has 0 amide bonds. The third kappa shape index (κ3) is 5.38. The molecule has 0 bridgehead atoms. The quantitative estimate of drug-likeness (QED) is 0.352. The van der Waals surface area contributed by atoms with Crippen molar-refractivity contribution in [1.82, 2.24) is 30.1 Å². The summed E-state index contributed by atoms with van der Waals surface area (Å²) in [5.41, 5.74) is 4.78. The summed E-state index contributed by atoms with van der Waals surface area (Å²) in [6.07, 6.45) is 6.70. The van der Waals surface area contributed by atoms with Crippen molar-refractivity contribution in [2.24, 2.45) is 0 Å². The van der Waals surface area contributed by atoms with Crippen LogP contribution in [0.3, 0.4) is 0 Å². The van der Waals surface area contributed by atoms with Crippen LogP contribution in [0, 0.1) is 6.92 Å². The second kappa shape index (κ2) is 10.9. The number of methoxy groups -OCH3 is 1. The molecule has 0 saturated carbocycles. The summed E-state index contributed by atoms with van der Waals surface area (Å²) in [6, 6.07) is 7.42. The van der Waals surface area contributed by atoms with Gasteiger partial charge in [-0.25, -0.2) is 9.97 Å². The zero-order valence-corrected chi connectivity index (χ0v) is 20.3. The molecule has 0 spiro atoms. The Kier molecular flexibility index (Phi) is 7.51. The van der Waals surface area contributed by atoms with Crippen LogP contribution in [-0.2, 0) is 6.42 Å². The Labute approximate surface area is 204 Å². The molecule has 0 radical (unpaired) electrons. The number of nitrogens with zero attached hydrogens (tertiary/aromatic N) is 6. The van der Waals surface area contributed by atoms with Crippen molar-refractivity contribution in [3.05, 3.63) is 54.2 Å². The van der Waals surface area contributed by atoms with Gasteiger partial charge in [0.25, 0.3) is 0 Å². The van der Waals surface area contributed by atoms with Crippen molar-refractivity contribution in [1.29, 1.82) is 0 Å². The van der Waals surface area contributed by atoms with E-state index in [9.17, 15) is 0 Å². The summed E-state index contributed by atoms with van der Waals surface area (Å²) >= 11 is 0. The van der Waals surface area contributed by atoms with Crippen LogP contribution in [0.1, 0.15) is 24.7 Å². The highest BCUT2D eigenvalue weighted by molar-refractivity contribution is 5.66. The number of aromatic nitrogens is 6. The van der Waals surface area contributed by atoms with Gasteiger partial charge in [-0.2, -0.15) is 10.1 Å². The molecule has 0 aliphatic heterocycles. The van der Waals surface area contributed by atoms with Gasteiger partial charge in [-0.3, -0.25) is 10.1 Å². The van der Waals surface area contributed by atoms with E-state index in [2.05, 4.69) is 32.1 Å². The minimum atomic E-state index is 0.112. The van der Waals surface area contributed by atoms with Crippen LogP contribution < -0.4 is 14.4 Å². The van der Waals surface area contributed by atoms with Crippen molar-refractivity contribution in [3.63, 3.8) is 0 Å². The van der Waals surface area contributed by atoms with Crippen LogP contribution in [0.2, 0.25) is 0 Å². The molecule has 0 saturated heterocycles. The van der Waals surface area contributed by atoms with E-state index in [1.807, 2.05) is 49.3 Å². The largest absolute Gasteiger partial charge is 0.480 e. The van der Waals surface area contributed by atoms with Gasteiger partial charge in [-0.05, 0) is 38.0 Å². The van der Waals surface area contributed by atoms with E-state index in [0.717, 1.165) is 23.4 Å². The van der Waals surface area contributed by atoms with E-state index in [-0.39, 0.29) is 6.61 Å². The van der Waals surface area contributed by atoms with Gasteiger partial charge < -0.3 is 19.5 Å². The van der Waals surface area contributed by atoms with Crippen molar-refractivity contribution in [2.45, 2.75) is 26.7 Å². The highest BCUT2D eigenvalue weighted by Gasteiger charge is 2.16. The summed E-state index contributed by atoms with van der Waals surface area (Å²) < 4.78 is 11.6. The summed E-state index contributed by atoms with van der Waals surface area (Å²) in [7, 11) is 3.44. The number of aryl methyl sites for hydroxylation is 2. The van der Waals surface area contributed by atoms with Gasteiger partial charge >= 0.3 is 0 Å². The Hall–Kier alpha value is -4.05. The molecule has 4 heterocycles. The highest BCUT2D eigenvalue weighted by Crippen LogP contribution is 2.32. The maximum absolute atomic E-state index is 9.06. The lowest BCUT2D eigenvalue weighted by Gasteiger charge is -2.18. The molecule has 4 aromatic rings. The molecule has 0 fully saturated rings. The van der Waals surface area contributed by atoms with Gasteiger partial charge in [0.2, 0.25) is 11.8 Å². The number of H-pyrrole nitrogens is 1. The topological polar surface area (TPSA) is 122 Å². The lowest BCUT2D eigenvalue weighted by molar-refractivity contribution is 0.290. The molecule has 0 unspecified atom stereocenters. The highest BCUT2D eigenvalue weighted by atomic mass is 16.5. The number of nitrogens with one attached hydrogen (secondary N) is 1. The fourth-order valence-corrected chi connectivity index (χ4v) is 3.65. The number of anilines is 1. The first-order valence-corrected chi connectivity index (χ1v) is 11.4. The Bertz CT molecular complexity index is 1290. The first-order valence-electron chi connectivity index (χ1n) is 11.4. The molecule has 35 heavy (non-hydrogen) atoms. The van der Waals surface area contributed by atoms with Crippen LogP contribution in [-0.4, -0.2) is 62.5 Å². The van der Waals surface area contributed by atoms with Crippen LogP contribution in [0.4, 0.5) is 5.95 Å². The molecule has 0 aliphatic carbocycles. The van der Waals surface area contributed by atoms with E-state index < -0.39 is 0 Å². The molecule has 10 nitrogen and oxygen atoms in total. The van der Waals surface area contributed by atoms with Gasteiger partial charge in [0.05, 0.1) is 35.4 Å². The number of pyridine rings is 2. The average Bonchev–Trinajstić information content (AvgIpc) is 3.37. The first kappa shape index (κ1) is 24.1. The lowest BCUT2D eigenvalue weighted by atomic mass is 10.1. The Morgan fingerprint density at radius 3 is 2.69 bits per heavy atom. The zero-order chi connectivity index (χ0) is 24.8. The number of hydrogen-bond acceptors (Lipinski definition) is 9. The second-order valence-electron chi connectivity index (χ2n) is 7.95. The van der Waals surface area contributed by atoms with Crippen LogP contribution in [0.25, 0.3) is 22.5 Å². The van der Waals surface area contributed by atoms with Crippen molar-refractivity contribution in [2.75, 3.05) is 32.2 Å². The smallest absolute Gasteiger partial charge is 0.228 e. The Balaban J connectivity index is 1.56. The van der Waals surface area contributed by atoms with E-state index >= 15 is 0 Å². The van der Waals surface area contributed by atoms with Crippen LogP contribution in [0.15, 0.2) is 42.9 Å². The Morgan fingerprint density at radius 2 is 1.94 bits per heavy atom. The maximum Gasteiger partial charge on any atom is 0.228 e. The SMILES string of the molecule is CCc1n[nH]cc1-c1cc(Oc2ccc(-c3cnc(N(C)CCCO)nc3OC)nc2C)ccn1. The van der Waals surface area contributed by atoms with E-state index in [1.165, 1.54) is 0 Å². The van der Waals surface area contributed by atoms with E-state index in [1.54, 1.807) is 19.5 Å². The molecular formula is C25H29N7O3. The predicted molar refractivity (Wildman–Crippen MR) is 133 cm³/mol. The van der Waals surface area contributed by atoms with Crippen LogP contribution >= 0.6 is 0 Å². The normalized spacial score (nSPS) is 10.9. The summed E-state index contributed by atoms with van der Waals surface area (Å²) in [5, 5.41) is 16.2. The number of aliphatic hydroxyl groups is 1. The first-order chi connectivity index (χ1) is 17.0. The third-order valence-corrected chi connectivity index (χ3v) is 5.53. The van der Waals surface area contributed by atoms with Crippen molar-refractivity contribution < 1.29 is 14.6 Å². The van der Waals surface area contributed by atoms with Gasteiger partial charge in [0, 0.05) is 50.4 Å². The molecule has 0 aromatic carbocycles. The standard InChI is InChI=1S/C25H29N7O3/c1-5-20-18(15-28-31-20)22-13-17(9-10-26-22)35-23-8-7-21(29-16(23)2)19-14-27-25(30-24(19)34-4)32(3)11-6-12-33/h7-10,13-15,33H,5-6,11-12H2,1-4H3,(H,28,31). The number of aromatic amines is 1. The fourth-order valence-electron chi connectivity index (χ4n) is 3.65. The van der Waals surface area contributed by atoms with Gasteiger partial charge in [0.15, 0.2) is 0 Å². The third-order valence-electron chi connectivity index (χ3n) is 5.53. The van der Waals surface area contributed by atoms with Crippen LogP contribution in [0.5, 0.6) is 17.4 Å². The van der Waals surface area contributed by atoms with Crippen molar-refractivity contribution >= 4 is 5.95 Å². The Morgan fingerprint density at radius 1 is 1.09 bits per heavy atom. The van der Waals surface area contributed by atoms with Gasteiger partial charge in [-0.1, -0.05) is 6.92 Å². The number of aliphatic hydroxyl groups excluding tert-OH is 1. The predicted octanol–water partition coefficient (Wildman–Crippen LogP) is 3.81. The van der Waals surface area contributed by atoms with E-state index in [0.29, 0.717) is 53.2 Å². The molecular weight excluding hydrogens is 446 g/mol. The molecule has 10 heteroatoms. The summed E-state index contributed by atoms with van der Waals surface area (Å²) in [4.78, 5) is 20.0. The zero-order valence-electron chi connectivity index (χ0n) is 20.3. The van der Waals surface area contributed by atoms with Gasteiger partial charge in [-0.15, -0.1) is 0 Å². The lowest BCUT2D eigenvalue weighted by Crippen LogP contribution is -2.22. The average molecular weight is 476 g/mol. The van der Waals surface area contributed by atoms with Gasteiger partial charge in [0.1, 0.15) is 11.5 Å². The molecule has 182 valence electrons. The maximum atomic E-state index is 9.06.